The molecule has 13 nitrogen and oxygen atoms in total. The number of likely N-dealkylation sites (N-methyl/N-ethyl adjacent to an activating group) is 2. The maximum absolute atomic E-state index is 14.0. The smallest absolute Gasteiger partial charge is 0.410 e. The van der Waals surface area contributed by atoms with Crippen molar-refractivity contribution in [1.82, 2.24) is 20.0 Å². The number of imide groups is 1. The number of carbonyl (C=O) groups excluding carboxylic acids is 7. The van der Waals surface area contributed by atoms with Crippen molar-refractivity contribution in [2.75, 3.05) is 34.0 Å². The van der Waals surface area contributed by atoms with Crippen molar-refractivity contribution in [3.8, 4) is 0 Å². The van der Waals surface area contributed by atoms with Gasteiger partial charge in [0, 0.05) is 53.4 Å². The third kappa shape index (κ3) is 14.0. The van der Waals surface area contributed by atoms with Gasteiger partial charge in [-0.2, -0.15) is 11.8 Å². The second kappa shape index (κ2) is 23.5. The Bertz CT molecular complexity index is 1500. The van der Waals surface area contributed by atoms with Crippen molar-refractivity contribution in [3.05, 3.63) is 35.4 Å². The molecule has 1 unspecified atom stereocenters. The molecule has 14 heteroatoms. The van der Waals surface area contributed by atoms with Gasteiger partial charge in [-0.15, -0.1) is 0 Å². The Labute approximate surface area is 338 Å². The number of methoxy groups -OCH3 is 1. The second-order valence-electron chi connectivity index (χ2n) is 15.7. The number of Topliss-reactive ketones (excluding diaryl/α,β-unsaturated/α-hetero) is 2. The maximum atomic E-state index is 14.0. The van der Waals surface area contributed by atoms with Crippen LogP contribution in [0.1, 0.15) is 105 Å². The summed E-state index contributed by atoms with van der Waals surface area (Å²) in [4.78, 5) is 94.2. The van der Waals surface area contributed by atoms with Crippen LogP contribution in [-0.2, 0) is 51.3 Å². The molecule has 314 valence electrons. The molecule has 56 heavy (non-hydrogen) atoms. The molecule has 0 bridgehead atoms. The topological polar surface area (TPSA) is 160 Å². The zero-order chi connectivity index (χ0) is 42.3. The minimum atomic E-state index is -0.928. The van der Waals surface area contributed by atoms with Crippen LogP contribution in [0.2, 0.25) is 0 Å². The van der Waals surface area contributed by atoms with Crippen LogP contribution in [0.5, 0.6) is 0 Å². The molecule has 1 heterocycles. The Morgan fingerprint density at radius 1 is 0.929 bits per heavy atom. The van der Waals surface area contributed by atoms with E-state index in [1.807, 2.05) is 59.9 Å². The van der Waals surface area contributed by atoms with Crippen molar-refractivity contribution in [2.45, 2.75) is 136 Å². The van der Waals surface area contributed by atoms with Gasteiger partial charge in [0.25, 0.3) is 0 Å². The number of unbranched alkanes of at least 4 members (excludes halogenated alkanes) is 2. The summed E-state index contributed by atoms with van der Waals surface area (Å²) in [5.74, 6) is -1.55. The number of hydrogen-bond acceptors (Lipinski definition) is 10. The molecule has 2 rings (SSSR count). The second-order valence-corrected chi connectivity index (χ2v) is 16.8. The lowest BCUT2D eigenvalue weighted by Crippen LogP contribution is -2.60. The van der Waals surface area contributed by atoms with Crippen molar-refractivity contribution in [3.63, 3.8) is 0 Å². The highest BCUT2D eigenvalue weighted by molar-refractivity contribution is 8.00. The van der Waals surface area contributed by atoms with Crippen molar-refractivity contribution >= 4 is 53.1 Å². The Balaban J connectivity index is 1.95. The van der Waals surface area contributed by atoms with E-state index >= 15 is 0 Å². The Morgan fingerprint density at radius 2 is 1.55 bits per heavy atom. The summed E-state index contributed by atoms with van der Waals surface area (Å²) < 4.78 is 11.3. The van der Waals surface area contributed by atoms with Crippen LogP contribution < -0.4 is 5.32 Å². The first-order valence-electron chi connectivity index (χ1n) is 19.8. The highest BCUT2D eigenvalue weighted by Gasteiger charge is 2.40. The van der Waals surface area contributed by atoms with Crippen LogP contribution in [0.3, 0.4) is 0 Å². The Kier molecular flexibility index (Phi) is 20.3. The average molecular weight is 803 g/mol. The molecule has 1 N–H and O–H groups in total. The van der Waals surface area contributed by atoms with Crippen molar-refractivity contribution in [2.24, 2.45) is 17.8 Å². The molecule has 0 aliphatic carbocycles. The number of benzene rings is 1. The first-order chi connectivity index (χ1) is 26.4. The summed E-state index contributed by atoms with van der Waals surface area (Å²) in [5, 5.41) is 2.64. The molecule has 5 amide bonds. The van der Waals surface area contributed by atoms with E-state index < -0.39 is 36.2 Å². The molecule has 6 atom stereocenters. The van der Waals surface area contributed by atoms with E-state index in [-0.39, 0.29) is 78.2 Å². The van der Waals surface area contributed by atoms with Gasteiger partial charge in [0.05, 0.1) is 17.4 Å². The third-order valence-electron chi connectivity index (χ3n) is 10.6. The molecular weight excluding hydrogens is 737 g/mol. The van der Waals surface area contributed by atoms with E-state index in [0.29, 0.717) is 31.4 Å². The van der Waals surface area contributed by atoms with Crippen LogP contribution in [-0.4, -0.2) is 119 Å². The van der Waals surface area contributed by atoms with Crippen LogP contribution in [0, 0.1) is 17.8 Å². The van der Waals surface area contributed by atoms with Gasteiger partial charge in [-0.05, 0) is 54.9 Å². The van der Waals surface area contributed by atoms with E-state index in [9.17, 15) is 33.6 Å². The fourth-order valence-electron chi connectivity index (χ4n) is 7.18. The van der Waals surface area contributed by atoms with Crippen LogP contribution in [0.15, 0.2) is 24.3 Å². The quantitative estimate of drug-likeness (QED) is 0.105. The summed E-state index contributed by atoms with van der Waals surface area (Å²) in [6, 6.07) is 5.01. The SMILES string of the molecule is CC[C@H](C)[C@@H]([C@@H](CC(C)=O)OC)N(C)C(=O)[C@@H](NC(=O)[C@H](C(C)C)N(C)C(=O)OCc1ccc(CC(=O)CCCCCN2C(=O)CC(SC)C2=O)cc1)C(C)C. The van der Waals surface area contributed by atoms with Gasteiger partial charge >= 0.3 is 6.09 Å². The van der Waals surface area contributed by atoms with Gasteiger partial charge in [-0.25, -0.2) is 4.79 Å². The van der Waals surface area contributed by atoms with E-state index in [1.165, 1.54) is 42.6 Å². The lowest BCUT2D eigenvalue weighted by Gasteiger charge is -2.40. The monoisotopic (exact) mass is 802 g/mol. The summed E-state index contributed by atoms with van der Waals surface area (Å²) in [6.07, 6.45) is 4.57. The zero-order valence-electron chi connectivity index (χ0n) is 35.4. The number of ketones is 2. The lowest BCUT2D eigenvalue weighted by atomic mass is 9.89. The van der Waals surface area contributed by atoms with E-state index in [0.717, 1.165) is 18.4 Å². The minimum absolute atomic E-state index is 0.0175. The van der Waals surface area contributed by atoms with Gasteiger partial charge in [-0.1, -0.05) is 78.6 Å². The fraction of sp³-hybridized carbons (Fsp3) is 0.690. The van der Waals surface area contributed by atoms with E-state index in [2.05, 4.69) is 5.32 Å². The van der Waals surface area contributed by atoms with Gasteiger partial charge in [0.2, 0.25) is 23.6 Å². The van der Waals surface area contributed by atoms with E-state index in [4.69, 9.17) is 9.47 Å². The van der Waals surface area contributed by atoms with E-state index in [1.54, 1.807) is 24.1 Å². The predicted molar refractivity (Wildman–Crippen MR) is 218 cm³/mol. The maximum Gasteiger partial charge on any atom is 0.410 e. The highest BCUT2D eigenvalue weighted by atomic mass is 32.2. The number of carbonyl (C=O) groups is 7. The van der Waals surface area contributed by atoms with Gasteiger partial charge in [0.1, 0.15) is 30.3 Å². The molecule has 0 spiro atoms. The average Bonchev–Trinajstić information content (AvgIpc) is 3.42. The molecule has 0 saturated carbocycles. The van der Waals surface area contributed by atoms with Gasteiger partial charge < -0.3 is 19.7 Å². The number of thioether (sulfide) groups is 1. The summed E-state index contributed by atoms with van der Waals surface area (Å²) in [5.41, 5.74) is 1.55. The van der Waals surface area contributed by atoms with Crippen molar-refractivity contribution in [1.29, 1.82) is 0 Å². The Morgan fingerprint density at radius 3 is 2.07 bits per heavy atom. The summed E-state index contributed by atoms with van der Waals surface area (Å²) >= 11 is 1.40. The number of nitrogens with zero attached hydrogens (tertiary/aromatic N) is 3. The molecule has 0 aromatic heterocycles. The van der Waals surface area contributed by atoms with Crippen LogP contribution >= 0.6 is 11.8 Å². The molecule has 1 aliphatic rings. The zero-order valence-corrected chi connectivity index (χ0v) is 36.2. The Hall–Kier alpha value is -3.78. The molecule has 1 fully saturated rings. The standard InChI is InChI=1S/C42H66N4O9S/c1-12-28(6)38(33(54-10)22-29(7)47)44(8)41(52)36(26(2)3)43-39(50)37(27(4)5)45(9)42(53)55-25-31-19-17-30(18-20-31)23-32(48)16-14-13-15-21-46-35(49)24-34(56-11)40(46)51/h17-20,26-28,33-34,36-38H,12-16,21-25H2,1-11H3,(H,43,50)/t28-,33+,34?,36-,37-,38-/m0/s1. The first-order valence-corrected chi connectivity index (χ1v) is 21.1. The third-order valence-corrected chi connectivity index (χ3v) is 11.6. The fourth-order valence-corrected chi connectivity index (χ4v) is 7.82. The molecule has 1 aliphatic heterocycles. The summed E-state index contributed by atoms with van der Waals surface area (Å²) in [7, 11) is 4.70. The molecule has 1 aromatic carbocycles. The number of amides is 5. The largest absolute Gasteiger partial charge is 0.445 e. The predicted octanol–water partition coefficient (Wildman–Crippen LogP) is 5.45. The number of nitrogens with one attached hydrogen (secondary N) is 1. The molecule has 0 radical (unpaired) electrons. The first kappa shape index (κ1) is 48.4. The number of likely N-dealkylation sites (tertiary alicyclic amines) is 1. The number of rotatable bonds is 24. The molecule has 1 saturated heterocycles. The number of hydrogen-bond donors (Lipinski definition) is 1. The van der Waals surface area contributed by atoms with Crippen LogP contribution in [0.4, 0.5) is 4.79 Å². The van der Waals surface area contributed by atoms with Crippen molar-refractivity contribution < 1.29 is 43.0 Å². The van der Waals surface area contributed by atoms with Gasteiger partial charge in [0.15, 0.2) is 0 Å². The highest BCUT2D eigenvalue weighted by Crippen LogP contribution is 2.25. The minimum Gasteiger partial charge on any atom is -0.445 e. The molecule has 1 aromatic rings. The van der Waals surface area contributed by atoms with Gasteiger partial charge in [-0.3, -0.25) is 38.6 Å². The lowest BCUT2D eigenvalue weighted by molar-refractivity contribution is -0.144. The normalized spacial score (nSPS) is 17.0. The van der Waals surface area contributed by atoms with Crippen LogP contribution in [0.25, 0.3) is 0 Å². The molecular formula is C42H66N4O9S. The summed E-state index contributed by atoms with van der Waals surface area (Å²) in [6.45, 7) is 13.2. The number of ether oxygens (including phenoxy) is 2.